The molecule has 5 heteroatoms. The Bertz CT molecular complexity index is 162. The number of hydrogen-bond donors (Lipinski definition) is 0. The van der Waals surface area contributed by atoms with E-state index in [4.69, 9.17) is 46.4 Å². The number of carbonyl (C=O) groups is 1. The van der Waals surface area contributed by atoms with Crippen molar-refractivity contribution in [2.45, 2.75) is 22.5 Å². The van der Waals surface area contributed by atoms with Gasteiger partial charge in [-0.2, -0.15) is 0 Å². The van der Waals surface area contributed by atoms with Crippen LogP contribution < -0.4 is 0 Å². The Balaban J connectivity index is 2.61. The third kappa shape index (κ3) is 2.20. The highest BCUT2D eigenvalue weighted by Crippen LogP contribution is 2.37. The highest BCUT2D eigenvalue weighted by molar-refractivity contribution is 6.47. The van der Waals surface area contributed by atoms with E-state index >= 15 is 0 Å². The Morgan fingerprint density at radius 1 is 1.00 bits per heavy atom. The van der Waals surface area contributed by atoms with Crippen LogP contribution >= 0.6 is 46.4 Å². The van der Waals surface area contributed by atoms with Crippen molar-refractivity contribution in [1.82, 2.24) is 0 Å². The van der Waals surface area contributed by atoms with E-state index in [0.717, 1.165) is 0 Å². The maximum Gasteiger partial charge on any atom is 0.144 e. The fourth-order valence-corrected chi connectivity index (χ4v) is 2.42. The van der Waals surface area contributed by atoms with Crippen molar-refractivity contribution in [3.05, 3.63) is 0 Å². The second kappa shape index (κ2) is 4.36. The third-order valence-corrected chi connectivity index (χ3v) is 3.34. The lowest BCUT2D eigenvalue weighted by atomic mass is 10.1. The number of hydrogen-bond acceptors (Lipinski definition) is 1. The predicted molar refractivity (Wildman–Crippen MR) is 52.2 cm³/mol. The zero-order chi connectivity index (χ0) is 9.30. The first kappa shape index (κ1) is 10.9. The van der Waals surface area contributed by atoms with Crippen molar-refractivity contribution < 1.29 is 4.79 Å². The summed E-state index contributed by atoms with van der Waals surface area (Å²) in [7, 11) is 0. The number of halogens is 4. The van der Waals surface area contributed by atoms with Crippen LogP contribution in [-0.2, 0) is 4.79 Å². The van der Waals surface area contributed by atoms with Crippen molar-refractivity contribution in [2.24, 2.45) is 11.8 Å². The average Bonchev–Trinajstić information content (AvgIpc) is 2.30. The molecule has 0 amide bonds. The molecule has 0 N–H and O–H groups in total. The van der Waals surface area contributed by atoms with E-state index in [0.29, 0.717) is 12.8 Å². The molecule has 1 aliphatic rings. The highest BCUT2D eigenvalue weighted by Gasteiger charge is 2.40. The van der Waals surface area contributed by atoms with E-state index in [1.54, 1.807) is 0 Å². The van der Waals surface area contributed by atoms with Crippen LogP contribution in [0, 0.1) is 11.8 Å². The quantitative estimate of drug-likeness (QED) is 0.687. The SMILES string of the molecule is O=C1[C@@H](C(Cl)Cl)CC[C@@H]1C(Cl)Cl. The van der Waals surface area contributed by atoms with Gasteiger partial charge in [-0.3, -0.25) is 4.79 Å². The fourth-order valence-electron chi connectivity index (χ4n) is 1.42. The van der Waals surface area contributed by atoms with E-state index in [1.165, 1.54) is 0 Å². The molecule has 0 aliphatic heterocycles. The lowest BCUT2D eigenvalue weighted by Gasteiger charge is -2.11. The molecule has 1 aliphatic carbocycles. The first-order valence-corrected chi connectivity index (χ1v) is 5.38. The second-order valence-electron chi connectivity index (χ2n) is 2.86. The highest BCUT2D eigenvalue weighted by atomic mass is 35.5. The summed E-state index contributed by atoms with van der Waals surface area (Å²) in [5, 5.41) is 0. The first-order valence-electron chi connectivity index (χ1n) is 3.64. The van der Waals surface area contributed by atoms with Crippen LogP contribution in [0.4, 0.5) is 0 Å². The Labute approximate surface area is 91.3 Å². The van der Waals surface area contributed by atoms with Crippen molar-refractivity contribution in [2.75, 3.05) is 0 Å². The van der Waals surface area contributed by atoms with Crippen molar-refractivity contribution >= 4 is 52.2 Å². The van der Waals surface area contributed by atoms with Gasteiger partial charge < -0.3 is 0 Å². The summed E-state index contributed by atoms with van der Waals surface area (Å²) in [4.78, 5) is 10.2. The van der Waals surface area contributed by atoms with Gasteiger partial charge in [-0.05, 0) is 12.8 Å². The molecule has 12 heavy (non-hydrogen) atoms. The van der Waals surface area contributed by atoms with Crippen LogP contribution in [0.2, 0.25) is 0 Å². The van der Waals surface area contributed by atoms with E-state index < -0.39 is 9.67 Å². The van der Waals surface area contributed by atoms with Crippen LogP contribution in [0.25, 0.3) is 0 Å². The largest absolute Gasteiger partial charge is 0.299 e. The molecule has 1 saturated carbocycles. The number of carbonyl (C=O) groups excluding carboxylic acids is 1. The average molecular weight is 250 g/mol. The second-order valence-corrected chi connectivity index (χ2v) is 5.19. The standard InChI is InChI=1S/C7H8Cl4O/c8-6(9)3-1-2-4(5(3)12)7(10)11/h3-4,6-7H,1-2H2/t3-,4-/m0/s1. The Morgan fingerprint density at radius 3 is 1.50 bits per heavy atom. The molecule has 0 aromatic carbocycles. The van der Waals surface area contributed by atoms with Gasteiger partial charge in [0.05, 0.1) is 0 Å². The number of ketones is 1. The molecule has 0 unspecified atom stereocenters. The van der Waals surface area contributed by atoms with Gasteiger partial charge in [0.1, 0.15) is 15.5 Å². The number of rotatable bonds is 2. The van der Waals surface area contributed by atoms with Gasteiger partial charge in [0.2, 0.25) is 0 Å². The van der Waals surface area contributed by atoms with Crippen molar-refractivity contribution in [1.29, 1.82) is 0 Å². The monoisotopic (exact) mass is 248 g/mol. The molecule has 0 bridgehead atoms. The summed E-state index contributed by atoms with van der Waals surface area (Å²) < 4.78 is 0. The topological polar surface area (TPSA) is 17.1 Å². The molecule has 0 heterocycles. The molecule has 0 spiro atoms. The normalized spacial score (nSPS) is 30.7. The summed E-state index contributed by atoms with van der Waals surface area (Å²) in [6.45, 7) is 0. The Morgan fingerprint density at radius 2 is 1.33 bits per heavy atom. The molecule has 1 rings (SSSR count). The Hall–Kier alpha value is 0.830. The van der Waals surface area contributed by atoms with E-state index in [-0.39, 0.29) is 17.6 Å². The van der Waals surface area contributed by atoms with E-state index in [1.807, 2.05) is 0 Å². The molecule has 0 saturated heterocycles. The zero-order valence-electron chi connectivity index (χ0n) is 6.14. The van der Waals surface area contributed by atoms with Crippen molar-refractivity contribution in [3.63, 3.8) is 0 Å². The molecule has 0 aromatic heterocycles. The first-order chi connectivity index (χ1) is 5.54. The van der Waals surface area contributed by atoms with Crippen LogP contribution in [0.1, 0.15) is 12.8 Å². The zero-order valence-corrected chi connectivity index (χ0v) is 9.17. The lowest BCUT2D eigenvalue weighted by Crippen LogP contribution is -2.22. The van der Waals surface area contributed by atoms with Gasteiger partial charge in [-0.25, -0.2) is 0 Å². The smallest absolute Gasteiger partial charge is 0.144 e. The molecule has 0 radical (unpaired) electrons. The summed E-state index contributed by atoms with van der Waals surface area (Å²) in [6, 6.07) is 0. The van der Waals surface area contributed by atoms with Crippen LogP contribution in [0.15, 0.2) is 0 Å². The molecule has 1 fully saturated rings. The number of Topliss-reactive ketones (excluding diaryl/α,β-unsaturated/α-hetero) is 1. The maximum atomic E-state index is 11.5. The minimum absolute atomic E-state index is 0.000000000000000444. The Kier molecular flexibility index (Phi) is 3.97. The number of alkyl halides is 4. The van der Waals surface area contributed by atoms with E-state index in [9.17, 15) is 4.79 Å². The van der Waals surface area contributed by atoms with Crippen molar-refractivity contribution in [3.8, 4) is 0 Å². The molecule has 2 atom stereocenters. The van der Waals surface area contributed by atoms with Gasteiger partial charge in [-0.15, -0.1) is 46.4 Å². The van der Waals surface area contributed by atoms with Crippen LogP contribution in [-0.4, -0.2) is 15.5 Å². The lowest BCUT2D eigenvalue weighted by molar-refractivity contribution is -0.123. The van der Waals surface area contributed by atoms with E-state index in [2.05, 4.69) is 0 Å². The van der Waals surface area contributed by atoms with Crippen LogP contribution in [0.5, 0.6) is 0 Å². The predicted octanol–water partition coefficient (Wildman–Crippen LogP) is 3.19. The van der Waals surface area contributed by atoms with Gasteiger partial charge in [0, 0.05) is 11.8 Å². The summed E-state index contributed by atoms with van der Waals surface area (Å²) in [6.07, 6.45) is 1.38. The molecule has 70 valence electrons. The fraction of sp³-hybridized carbons (Fsp3) is 0.857. The minimum atomic E-state index is -0.630. The van der Waals surface area contributed by atoms with Gasteiger partial charge in [0.15, 0.2) is 0 Å². The van der Waals surface area contributed by atoms with Gasteiger partial charge in [0.25, 0.3) is 0 Å². The van der Waals surface area contributed by atoms with Gasteiger partial charge in [-0.1, -0.05) is 0 Å². The summed E-state index contributed by atoms with van der Waals surface area (Å²) in [5.74, 6) is -0.559. The summed E-state index contributed by atoms with van der Waals surface area (Å²) in [5.41, 5.74) is 0. The molecular formula is C7H8Cl4O. The van der Waals surface area contributed by atoms with Crippen LogP contribution in [0.3, 0.4) is 0 Å². The summed E-state index contributed by atoms with van der Waals surface area (Å²) >= 11 is 22.4. The minimum Gasteiger partial charge on any atom is -0.299 e. The van der Waals surface area contributed by atoms with Gasteiger partial charge >= 0.3 is 0 Å². The molecule has 1 nitrogen and oxygen atoms in total. The molecular weight excluding hydrogens is 242 g/mol. The third-order valence-electron chi connectivity index (χ3n) is 2.13. The maximum absolute atomic E-state index is 11.5. The molecule has 0 aromatic rings.